The lowest BCUT2D eigenvalue weighted by molar-refractivity contribution is 0.0941. The van der Waals surface area contributed by atoms with Gasteiger partial charge in [-0.3, -0.25) is 4.90 Å². The molecule has 0 spiro atoms. The Morgan fingerprint density at radius 2 is 1.79 bits per heavy atom. The van der Waals surface area contributed by atoms with Crippen molar-refractivity contribution in [3.8, 4) is 0 Å². The molecule has 2 aromatic carbocycles. The number of fused-ring (bicyclic) bond motifs is 2. The van der Waals surface area contributed by atoms with E-state index in [9.17, 15) is 0 Å². The van der Waals surface area contributed by atoms with Crippen LogP contribution in [-0.2, 0) is 0 Å². The van der Waals surface area contributed by atoms with Crippen LogP contribution in [0.4, 0.5) is 5.69 Å². The zero-order chi connectivity index (χ0) is 16.4. The minimum absolute atomic E-state index is 0.314. The zero-order valence-corrected chi connectivity index (χ0v) is 14.6. The summed E-state index contributed by atoms with van der Waals surface area (Å²) in [5.41, 5.74) is 3.01. The fourth-order valence-corrected chi connectivity index (χ4v) is 4.91. The van der Waals surface area contributed by atoms with Gasteiger partial charge in [-0.25, -0.2) is 0 Å². The molecule has 3 atom stereocenters. The average molecular weight is 320 g/mol. The monoisotopic (exact) mass is 320 g/mol. The van der Waals surface area contributed by atoms with Gasteiger partial charge in [-0.1, -0.05) is 55.0 Å². The third-order valence-corrected chi connectivity index (χ3v) is 6.13. The van der Waals surface area contributed by atoms with Crippen LogP contribution in [0.15, 0.2) is 60.7 Å². The molecule has 1 aliphatic carbocycles. The van der Waals surface area contributed by atoms with Gasteiger partial charge in [0.15, 0.2) is 0 Å². The fraction of sp³-hybridized carbons (Fsp3) is 0.455. The molecule has 126 valence electrons. The molecule has 2 fully saturated rings. The second-order valence-corrected chi connectivity index (χ2v) is 7.65. The first-order chi connectivity index (χ1) is 11.8. The fourth-order valence-electron chi connectivity index (χ4n) is 4.91. The van der Waals surface area contributed by atoms with E-state index < -0.39 is 0 Å². The lowest BCUT2D eigenvalue weighted by atomic mass is 9.79. The molecule has 0 amide bonds. The number of hydrogen-bond acceptors (Lipinski definition) is 2. The molecule has 2 nitrogen and oxygen atoms in total. The summed E-state index contributed by atoms with van der Waals surface area (Å²) in [6.07, 6.45) is 5.45. The maximum Gasteiger partial charge on any atom is 0.0391 e. The number of hydrogen-bond donors (Lipinski definition) is 1. The number of nitrogens with one attached hydrogen (secondary N) is 1. The minimum Gasteiger partial charge on any atom is -0.383 e. The Morgan fingerprint density at radius 3 is 2.54 bits per heavy atom. The number of nitrogens with zero attached hydrogens (tertiary/aromatic N) is 1. The van der Waals surface area contributed by atoms with Crippen LogP contribution in [0, 0.1) is 5.92 Å². The van der Waals surface area contributed by atoms with Crippen molar-refractivity contribution in [1.82, 2.24) is 4.90 Å². The Balaban J connectivity index is 1.56. The molecule has 2 unspecified atom stereocenters. The molecule has 1 saturated heterocycles. The summed E-state index contributed by atoms with van der Waals surface area (Å²) in [7, 11) is 0. The molecule has 1 saturated carbocycles. The van der Waals surface area contributed by atoms with E-state index >= 15 is 0 Å². The highest BCUT2D eigenvalue weighted by molar-refractivity contribution is 5.43. The smallest absolute Gasteiger partial charge is 0.0391 e. The van der Waals surface area contributed by atoms with E-state index in [1.807, 2.05) is 0 Å². The molecule has 2 heteroatoms. The van der Waals surface area contributed by atoms with Gasteiger partial charge in [0.1, 0.15) is 0 Å². The van der Waals surface area contributed by atoms with Crippen molar-refractivity contribution in [2.45, 2.75) is 44.2 Å². The molecule has 4 rings (SSSR count). The second-order valence-electron chi connectivity index (χ2n) is 7.65. The lowest BCUT2D eigenvalue weighted by Crippen LogP contribution is -2.50. The standard InChI is InChI=1S/C22H28N2/c1-18(20-10-4-2-5-11-20)24-16-19-9-8-14-22(24,15-19)17-23-21-12-6-3-7-13-21/h2-7,10-13,18-19,23H,8-9,14-17H2,1H3/t18-,19?,22?/m1/s1. The van der Waals surface area contributed by atoms with Crippen molar-refractivity contribution in [2.75, 3.05) is 18.4 Å². The Morgan fingerprint density at radius 1 is 1.08 bits per heavy atom. The first-order valence-electron chi connectivity index (χ1n) is 9.37. The molecular weight excluding hydrogens is 292 g/mol. The van der Waals surface area contributed by atoms with Gasteiger partial charge >= 0.3 is 0 Å². The number of para-hydroxylation sites is 1. The second kappa shape index (κ2) is 6.60. The molecular formula is C22H28N2. The molecule has 1 N–H and O–H groups in total. The zero-order valence-electron chi connectivity index (χ0n) is 14.6. The minimum atomic E-state index is 0.314. The van der Waals surface area contributed by atoms with Crippen LogP contribution in [0.3, 0.4) is 0 Å². The molecule has 2 aliphatic rings. The molecule has 1 aliphatic heterocycles. The third kappa shape index (κ3) is 2.95. The number of benzene rings is 2. The van der Waals surface area contributed by atoms with Gasteiger partial charge in [0.2, 0.25) is 0 Å². The van der Waals surface area contributed by atoms with E-state index in [1.165, 1.54) is 43.5 Å². The highest BCUT2D eigenvalue weighted by Crippen LogP contribution is 2.47. The van der Waals surface area contributed by atoms with Gasteiger partial charge in [-0.05, 0) is 49.8 Å². The summed E-state index contributed by atoms with van der Waals surface area (Å²) in [6, 6.07) is 22.2. The Hall–Kier alpha value is -1.80. The van der Waals surface area contributed by atoms with Crippen molar-refractivity contribution in [3.05, 3.63) is 66.2 Å². The quantitative estimate of drug-likeness (QED) is 0.824. The van der Waals surface area contributed by atoms with E-state index in [2.05, 4.69) is 77.8 Å². The van der Waals surface area contributed by atoms with Gasteiger partial charge in [-0.2, -0.15) is 0 Å². The lowest BCUT2D eigenvalue weighted by Gasteiger charge is -2.43. The predicted octanol–water partition coefficient (Wildman–Crippen LogP) is 5.10. The van der Waals surface area contributed by atoms with Gasteiger partial charge < -0.3 is 5.32 Å². The molecule has 0 radical (unpaired) electrons. The van der Waals surface area contributed by atoms with Gasteiger partial charge in [0, 0.05) is 30.4 Å². The first kappa shape index (κ1) is 15.7. The topological polar surface area (TPSA) is 15.3 Å². The van der Waals surface area contributed by atoms with Crippen LogP contribution in [0.1, 0.15) is 44.2 Å². The Bertz CT molecular complexity index is 654. The number of likely N-dealkylation sites (tertiary alicyclic amines) is 1. The Labute approximate surface area is 145 Å². The maximum absolute atomic E-state index is 3.73. The average Bonchev–Trinajstić information content (AvgIpc) is 2.91. The normalized spacial score (nSPS) is 27.8. The van der Waals surface area contributed by atoms with Gasteiger partial charge in [0.05, 0.1) is 0 Å². The van der Waals surface area contributed by atoms with Crippen LogP contribution in [0.2, 0.25) is 0 Å². The van der Waals surface area contributed by atoms with E-state index in [4.69, 9.17) is 0 Å². The summed E-state index contributed by atoms with van der Waals surface area (Å²) < 4.78 is 0. The maximum atomic E-state index is 3.73. The van der Waals surface area contributed by atoms with Gasteiger partial charge in [-0.15, -0.1) is 0 Å². The third-order valence-electron chi connectivity index (χ3n) is 6.13. The summed E-state index contributed by atoms with van der Waals surface area (Å²) in [5, 5.41) is 3.73. The Kier molecular flexibility index (Phi) is 4.32. The molecule has 1 heterocycles. The number of anilines is 1. The first-order valence-corrected chi connectivity index (χ1v) is 9.37. The highest BCUT2D eigenvalue weighted by atomic mass is 15.3. The predicted molar refractivity (Wildman–Crippen MR) is 101 cm³/mol. The summed E-state index contributed by atoms with van der Waals surface area (Å²) >= 11 is 0. The van der Waals surface area contributed by atoms with Crippen LogP contribution in [0.25, 0.3) is 0 Å². The summed E-state index contributed by atoms with van der Waals surface area (Å²) in [4.78, 5) is 2.80. The van der Waals surface area contributed by atoms with Crippen molar-refractivity contribution >= 4 is 5.69 Å². The van der Waals surface area contributed by atoms with Gasteiger partial charge in [0.25, 0.3) is 0 Å². The van der Waals surface area contributed by atoms with E-state index in [0.717, 1.165) is 12.5 Å². The van der Waals surface area contributed by atoms with Crippen LogP contribution < -0.4 is 5.32 Å². The van der Waals surface area contributed by atoms with Crippen molar-refractivity contribution < 1.29 is 0 Å². The van der Waals surface area contributed by atoms with Crippen LogP contribution >= 0.6 is 0 Å². The summed E-state index contributed by atoms with van der Waals surface area (Å²) in [6.45, 7) is 4.71. The van der Waals surface area contributed by atoms with Crippen molar-refractivity contribution in [2.24, 2.45) is 5.92 Å². The van der Waals surface area contributed by atoms with E-state index in [0.29, 0.717) is 11.6 Å². The van der Waals surface area contributed by atoms with Crippen molar-refractivity contribution in [1.29, 1.82) is 0 Å². The van der Waals surface area contributed by atoms with E-state index in [-0.39, 0.29) is 0 Å². The van der Waals surface area contributed by atoms with Crippen LogP contribution in [0.5, 0.6) is 0 Å². The molecule has 2 bridgehead atoms. The SMILES string of the molecule is C[C@H](c1ccccc1)N1CC2CCCC1(CNc1ccccc1)C2. The molecule has 24 heavy (non-hydrogen) atoms. The number of rotatable bonds is 5. The molecule has 2 aromatic rings. The summed E-state index contributed by atoms with van der Waals surface area (Å²) in [5.74, 6) is 0.877. The largest absolute Gasteiger partial charge is 0.383 e. The van der Waals surface area contributed by atoms with E-state index in [1.54, 1.807) is 0 Å². The van der Waals surface area contributed by atoms with Crippen molar-refractivity contribution in [3.63, 3.8) is 0 Å². The van der Waals surface area contributed by atoms with Crippen LogP contribution in [-0.4, -0.2) is 23.5 Å². The molecule has 0 aromatic heterocycles. The highest BCUT2D eigenvalue weighted by Gasteiger charge is 2.49.